The number of rotatable bonds is 2. The molecule has 1 aliphatic heterocycles. The molecule has 0 aliphatic carbocycles. The van der Waals surface area contributed by atoms with Crippen molar-refractivity contribution in [3.63, 3.8) is 0 Å². The standard InChI is InChI=1S/C9H8NO2.3CH3.Sn/c11-9-10(6-7-12-9)8-4-2-1-3-5-8;;;;/h2-5H,6-7H2;3*1H3;. The number of ether oxygens (including phenoxy) is 1. The molecule has 0 unspecified atom stereocenters. The molecule has 1 aliphatic rings. The monoisotopic (exact) mass is 327 g/mol. The van der Waals surface area contributed by atoms with Gasteiger partial charge >= 0.3 is 100 Å². The molecule has 0 saturated carbocycles. The Bertz CT molecular complexity index is 394. The zero-order chi connectivity index (χ0) is 11.8. The molecule has 1 fully saturated rings. The van der Waals surface area contributed by atoms with Gasteiger partial charge in [0.05, 0.1) is 0 Å². The quantitative estimate of drug-likeness (QED) is 0.780. The molecule has 86 valence electrons. The van der Waals surface area contributed by atoms with Crippen molar-refractivity contribution < 1.29 is 9.53 Å². The van der Waals surface area contributed by atoms with E-state index in [1.807, 2.05) is 12.1 Å². The second-order valence-corrected chi connectivity index (χ2v) is 19.6. The van der Waals surface area contributed by atoms with E-state index in [1.165, 1.54) is 3.58 Å². The Morgan fingerprint density at radius 1 is 1.19 bits per heavy atom. The summed E-state index contributed by atoms with van der Waals surface area (Å²) >= 11 is -1.96. The van der Waals surface area contributed by atoms with Crippen molar-refractivity contribution in [1.29, 1.82) is 0 Å². The Morgan fingerprint density at radius 3 is 2.25 bits per heavy atom. The van der Waals surface area contributed by atoms with Gasteiger partial charge in [-0.15, -0.1) is 0 Å². The number of cyclic esters (lactones) is 1. The third-order valence-electron chi connectivity index (χ3n) is 2.81. The third kappa shape index (κ3) is 2.34. The maximum atomic E-state index is 11.4. The van der Waals surface area contributed by atoms with Crippen LogP contribution in [0.15, 0.2) is 24.3 Å². The molecule has 2 rings (SSSR count). The second kappa shape index (κ2) is 4.28. The van der Waals surface area contributed by atoms with Gasteiger partial charge in [0.1, 0.15) is 0 Å². The van der Waals surface area contributed by atoms with Crippen LogP contribution >= 0.6 is 0 Å². The first-order valence-corrected chi connectivity index (χ1v) is 15.5. The van der Waals surface area contributed by atoms with Crippen molar-refractivity contribution >= 4 is 33.7 Å². The minimum absolute atomic E-state index is 0.230. The van der Waals surface area contributed by atoms with Crippen LogP contribution in [0.25, 0.3) is 0 Å². The molecule has 0 N–H and O–H groups in total. The molecule has 0 spiro atoms. The van der Waals surface area contributed by atoms with Crippen molar-refractivity contribution in [3.8, 4) is 0 Å². The zero-order valence-electron chi connectivity index (χ0n) is 9.99. The van der Waals surface area contributed by atoms with Gasteiger partial charge in [0.25, 0.3) is 0 Å². The SMILES string of the molecule is [CH3][Sn]([CH3])([CH3])[c]1ccc(N2CCOC2=O)cc1. The fourth-order valence-electron chi connectivity index (χ4n) is 1.77. The number of hydrogen-bond donors (Lipinski definition) is 0. The Balaban J connectivity index is 2.22. The van der Waals surface area contributed by atoms with Crippen molar-refractivity contribution in [1.82, 2.24) is 0 Å². The van der Waals surface area contributed by atoms with Gasteiger partial charge in [-0.1, -0.05) is 0 Å². The van der Waals surface area contributed by atoms with Crippen LogP contribution in [-0.4, -0.2) is 37.6 Å². The van der Waals surface area contributed by atoms with Crippen LogP contribution in [-0.2, 0) is 4.74 Å². The van der Waals surface area contributed by atoms with Gasteiger partial charge in [0, 0.05) is 0 Å². The summed E-state index contributed by atoms with van der Waals surface area (Å²) in [6.45, 7) is 1.16. The predicted octanol–water partition coefficient (Wildman–Crippen LogP) is 2.19. The van der Waals surface area contributed by atoms with E-state index in [-0.39, 0.29) is 6.09 Å². The molecule has 0 aromatic heterocycles. The molecular weight excluding hydrogens is 309 g/mol. The van der Waals surface area contributed by atoms with Crippen molar-refractivity contribution in [2.45, 2.75) is 14.8 Å². The fourth-order valence-corrected chi connectivity index (χ4v) is 5.10. The van der Waals surface area contributed by atoms with Gasteiger partial charge < -0.3 is 0 Å². The molecule has 4 heteroatoms. The molecule has 1 aromatic carbocycles. The number of carbonyl (C=O) groups is 1. The van der Waals surface area contributed by atoms with Gasteiger partial charge in [0.15, 0.2) is 0 Å². The summed E-state index contributed by atoms with van der Waals surface area (Å²) in [5.41, 5.74) is 0.946. The van der Waals surface area contributed by atoms with Gasteiger partial charge in [0.2, 0.25) is 0 Å². The molecule has 16 heavy (non-hydrogen) atoms. The number of benzene rings is 1. The maximum absolute atomic E-state index is 11.4. The minimum atomic E-state index is -1.96. The number of hydrogen-bond acceptors (Lipinski definition) is 2. The van der Waals surface area contributed by atoms with E-state index in [2.05, 4.69) is 27.0 Å². The molecule has 3 nitrogen and oxygen atoms in total. The number of amides is 1. The van der Waals surface area contributed by atoms with Gasteiger partial charge in [-0.3, -0.25) is 0 Å². The topological polar surface area (TPSA) is 29.5 Å². The van der Waals surface area contributed by atoms with Crippen LogP contribution in [0.2, 0.25) is 14.8 Å². The summed E-state index contributed by atoms with van der Waals surface area (Å²) in [5, 5.41) is 0. The average Bonchev–Trinajstić information content (AvgIpc) is 2.63. The van der Waals surface area contributed by atoms with E-state index >= 15 is 0 Å². The van der Waals surface area contributed by atoms with Crippen LogP contribution in [0.4, 0.5) is 10.5 Å². The van der Waals surface area contributed by atoms with E-state index in [0.717, 1.165) is 5.69 Å². The normalized spacial score (nSPS) is 16.4. The third-order valence-corrected chi connectivity index (χ3v) is 8.70. The number of carbonyl (C=O) groups excluding carboxylic acids is 1. The summed E-state index contributed by atoms with van der Waals surface area (Å²) in [4.78, 5) is 20.2. The van der Waals surface area contributed by atoms with E-state index < -0.39 is 18.4 Å². The number of anilines is 1. The first kappa shape index (κ1) is 11.8. The Kier molecular flexibility index (Phi) is 3.14. The van der Waals surface area contributed by atoms with Gasteiger partial charge in [-0.25, -0.2) is 0 Å². The van der Waals surface area contributed by atoms with Gasteiger partial charge in [-0.2, -0.15) is 0 Å². The zero-order valence-corrected chi connectivity index (χ0v) is 12.8. The van der Waals surface area contributed by atoms with Crippen LogP contribution in [0.5, 0.6) is 0 Å². The molecule has 0 bridgehead atoms. The summed E-state index contributed by atoms with van der Waals surface area (Å²) in [7, 11) is 0. The Morgan fingerprint density at radius 2 is 1.81 bits per heavy atom. The first-order valence-electron chi connectivity index (χ1n) is 5.53. The predicted molar refractivity (Wildman–Crippen MR) is 68.1 cm³/mol. The average molecular weight is 326 g/mol. The first-order chi connectivity index (χ1) is 7.48. The molecule has 1 aromatic rings. The molecule has 0 radical (unpaired) electrons. The molecule has 0 atom stereocenters. The van der Waals surface area contributed by atoms with E-state index in [1.54, 1.807) is 4.90 Å². The second-order valence-electron chi connectivity index (χ2n) is 5.06. The Labute approximate surface area is 100 Å². The summed E-state index contributed by atoms with van der Waals surface area (Å²) < 4.78 is 6.39. The van der Waals surface area contributed by atoms with Crippen LogP contribution < -0.4 is 8.48 Å². The fraction of sp³-hybridized carbons (Fsp3) is 0.417. The van der Waals surface area contributed by atoms with E-state index in [4.69, 9.17) is 4.74 Å². The molecule has 1 heterocycles. The van der Waals surface area contributed by atoms with Crippen LogP contribution in [0.3, 0.4) is 0 Å². The summed E-state index contributed by atoms with van der Waals surface area (Å²) in [6.07, 6.45) is -0.230. The molecule has 1 saturated heterocycles. The molecule has 1 amide bonds. The van der Waals surface area contributed by atoms with Crippen LogP contribution in [0, 0.1) is 0 Å². The van der Waals surface area contributed by atoms with Crippen molar-refractivity contribution in [2.24, 2.45) is 0 Å². The van der Waals surface area contributed by atoms with Gasteiger partial charge in [-0.05, 0) is 0 Å². The van der Waals surface area contributed by atoms with Crippen LogP contribution in [0.1, 0.15) is 0 Å². The number of nitrogens with zero attached hydrogens (tertiary/aromatic N) is 1. The Hall–Kier alpha value is -0.711. The van der Waals surface area contributed by atoms with E-state index in [0.29, 0.717) is 13.2 Å². The molecular formula is C12H17NO2Sn. The van der Waals surface area contributed by atoms with Crippen molar-refractivity contribution in [3.05, 3.63) is 24.3 Å². The summed E-state index contributed by atoms with van der Waals surface area (Å²) in [6, 6.07) is 8.39. The van der Waals surface area contributed by atoms with Crippen molar-refractivity contribution in [2.75, 3.05) is 18.1 Å². The summed E-state index contributed by atoms with van der Waals surface area (Å²) in [5.74, 6) is 0. The van der Waals surface area contributed by atoms with E-state index in [9.17, 15) is 4.79 Å².